The molecule has 0 aliphatic rings. The molecule has 1 aromatic rings. The molecule has 0 amide bonds. The molecule has 1 atom stereocenters. The Morgan fingerprint density at radius 1 is 1.33 bits per heavy atom. The second-order valence-electron chi connectivity index (χ2n) is 4.07. The van der Waals surface area contributed by atoms with Gasteiger partial charge in [0.2, 0.25) is 0 Å². The second kappa shape index (κ2) is 5.78. The van der Waals surface area contributed by atoms with E-state index in [1.54, 1.807) is 18.7 Å². The third kappa shape index (κ3) is 4.06. The Morgan fingerprint density at radius 2 is 2.00 bits per heavy atom. The van der Waals surface area contributed by atoms with Crippen molar-refractivity contribution in [3.63, 3.8) is 0 Å². The van der Waals surface area contributed by atoms with Gasteiger partial charge >= 0.3 is 0 Å². The van der Waals surface area contributed by atoms with Crippen LogP contribution in [0.25, 0.3) is 0 Å². The lowest BCUT2D eigenvalue weighted by Crippen LogP contribution is -1.93. The summed E-state index contributed by atoms with van der Waals surface area (Å²) in [5, 5.41) is 10.1. The van der Waals surface area contributed by atoms with E-state index >= 15 is 0 Å². The van der Waals surface area contributed by atoms with Gasteiger partial charge in [-0.1, -0.05) is 31.5 Å². The Bertz CT molecular complexity index is 323. The highest BCUT2D eigenvalue weighted by Crippen LogP contribution is 2.30. The largest absolute Gasteiger partial charge is 0.389 e. The molecule has 1 nitrogen and oxygen atoms in total. The topological polar surface area (TPSA) is 20.2 Å². The fourth-order valence-corrected chi connectivity index (χ4v) is 2.38. The van der Waals surface area contributed by atoms with E-state index in [0.29, 0.717) is 5.92 Å². The minimum Gasteiger partial charge on any atom is -0.389 e. The lowest BCUT2D eigenvalue weighted by molar-refractivity contribution is 0.199. The van der Waals surface area contributed by atoms with Gasteiger partial charge < -0.3 is 5.11 Å². The number of thioether (sulfide) groups is 1. The lowest BCUT2D eigenvalue weighted by atomic mass is 10.1. The molecule has 0 spiro atoms. The van der Waals surface area contributed by atoms with Crippen LogP contribution in [0.1, 0.15) is 32.4 Å². The third-order valence-electron chi connectivity index (χ3n) is 2.01. The standard InChI is InChI=1S/C12H17ClOS/c1-8(2)7-15-12-5-4-10(9(3)14)6-11(12)13/h4-6,8-9,14H,7H2,1-3H3/t9-/m1/s1. The summed E-state index contributed by atoms with van der Waals surface area (Å²) in [5.41, 5.74) is 0.869. The Hall–Kier alpha value is -0.180. The molecule has 0 saturated carbocycles. The van der Waals surface area contributed by atoms with Gasteiger partial charge in [0.15, 0.2) is 0 Å². The zero-order valence-corrected chi connectivity index (χ0v) is 10.9. The van der Waals surface area contributed by atoms with Crippen LogP contribution in [-0.2, 0) is 0 Å². The predicted octanol–water partition coefficient (Wildman–Crippen LogP) is 4.14. The minimum absolute atomic E-state index is 0.452. The van der Waals surface area contributed by atoms with Crippen LogP contribution in [0.4, 0.5) is 0 Å². The molecule has 1 rings (SSSR count). The van der Waals surface area contributed by atoms with Crippen molar-refractivity contribution in [2.24, 2.45) is 5.92 Å². The number of benzene rings is 1. The molecule has 0 unspecified atom stereocenters. The Morgan fingerprint density at radius 3 is 2.47 bits per heavy atom. The van der Waals surface area contributed by atoms with Crippen LogP contribution in [0.3, 0.4) is 0 Å². The van der Waals surface area contributed by atoms with Gasteiger partial charge in [-0.15, -0.1) is 11.8 Å². The van der Waals surface area contributed by atoms with Gasteiger partial charge in [-0.25, -0.2) is 0 Å². The summed E-state index contributed by atoms with van der Waals surface area (Å²) < 4.78 is 0. The van der Waals surface area contributed by atoms with Crippen molar-refractivity contribution in [3.8, 4) is 0 Å². The van der Waals surface area contributed by atoms with Gasteiger partial charge in [0.25, 0.3) is 0 Å². The highest BCUT2D eigenvalue weighted by atomic mass is 35.5. The predicted molar refractivity (Wildman–Crippen MR) is 67.6 cm³/mol. The molecule has 1 N–H and O–H groups in total. The number of rotatable bonds is 4. The van der Waals surface area contributed by atoms with E-state index in [-0.39, 0.29) is 0 Å². The Labute approximate surface area is 101 Å². The van der Waals surface area contributed by atoms with E-state index in [4.69, 9.17) is 11.6 Å². The van der Waals surface area contributed by atoms with Crippen molar-refractivity contribution in [2.75, 3.05) is 5.75 Å². The highest BCUT2D eigenvalue weighted by molar-refractivity contribution is 7.99. The van der Waals surface area contributed by atoms with E-state index in [2.05, 4.69) is 13.8 Å². The highest BCUT2D eigenvalue weighted by Gasteiger charge is 2.06. The fraction of sp³-hybridized carbons (Fsp3) is 0.500. The molecule has 0 aromatic heterocycles. The van der Waals surface area contributed by atoms with Crippen LogP contribution >= 0.6 is 23.4 Å². The molecule has 84 valence electrons. The van der Waals surface area contributed by atoms with Crippen LogP contribution in [-0.4, -0.2) is 10.9 Å². The first-order valence-electron chi connectivity index (χ1n) is 5.11. The first kappa shape index (κ1) is 12.9. The van der Waals surface area contributed by atoms with Gasteiger partial charge in [-0.2, -0.15) is 0 Å². The summed E-state index contributed by atoms with van der Waals surface area (Å²) in [6, 6.07) is 5.76. The van der Waals surface area contributed by atoms with E-state index in [0.717, 1.165) is 21.2 Å². The SMILES string of the molecule is CC(C)CSc1ccc([C@@H](C)O)cc1Cl. The summed E-state index contributed by atoms with van der Waals surface area (Å²) in [6.45, 7) is 6.11. The van der Waals surface area contributed by atoms with Gasteiger partial charge in [-0.05, 0) is 30.5 Å². The van der Waals surface area contributed by atoms with Crippen molar-refractivity contribution < 1.29 is 5.11 Å². The summed E-state index contributed by atoms with van der Waals surface area (Å²) in [7, 11) is 0. The smallest absolute Gasteiger partial charge is 0.0762 e. The van der Waals surface area contributed by atoms with Crippen molar-refractivity contribution >= 4 is 23.4 Å². The van der Waals surface area contributed by atoms with Crippen molar-refractivity contribution in [1.29, 1.82) is 0 Å². The molecule has 0 bridgehead atoms. The average Bonchev–Trinajstić information content (AvgIpc) is 2.15. The molecule has 0 aliphatic heterocycles. The van der Waals surface area contributed by atoms with Crippen LogP contribution < -0.4 is 0 Å². The fourth-order valence-electron chi connectivity index (χ4n) is 1.15. The number of hydrogen-bond donors (Lipinski definition) is 1. The minimum atomic E-state index is -0.452. The summed E-state index contributed by atoms with van der Waals surface area (Å²) in [4.78, 5) is 1.09. The molecule has 0 saturated heterocycles. The number of hydrogen-bond acceptors (Lipinski definition) is 2. The van der Waals surface area contributed by atoms with Crippen LogP contribution in [0.15, 0.2) is 23.1 Å². The number of halogens is 1. The summed E-state index contributed by atoms with van der Waals surface area (Å²) in [5.74, 6) is 1.72. The first-order chi connectivity index (χ1) is 7.00. The quantitative estimate of drug-likeness (QED) is 0.804. The number of aliphatic hydroxyl groups is 1. The van der Waals surface area contributed by atoms with E-state index < -0.39 is 6.10 Å². The van der Waals surface area contributed by atoms with Crippen LogP contribution in [0, 0.1) is 5.92 Å². The van der Waals surface area contributed by atoms with Gasteiger partial charge in [0.1, 0.15) is 0 Å². The number of aliphatic hydroxyl groups excluding tert-OH is 1. The van der Waals surface area contributed by atoms with Crippen LogP contribution in [0.5, 0.6) is 0 Å². The van der Waals surface area contributed by atoms with Gasteiger partial charge in [0, 0.05) is 10.6 Å². The maximum absolute atomic E-state index is 9.39. The Balaban J connectivity index is 2.75. The van der Waals surface area contributed by atoms with Gasteiger partial charge in [0.05, 0.1) is 11.1 Å². The lowest BCUT2D eigenvalue weighted by Gasteiger charge is -2.09. The first-order valence-corrected chi connectivity index (χ1v) is 6.47. The molecule has 0 heterocycles. The van der Waals surface area contributed by atoms with Crippen molar-refractivity contribution in [3.05, 3.63) is 28.8 Å². The van der Waals surface area contributed by atoms with E-state index in [1.807, 2.05) is 18.2 Å². The summed E-state index contributed by atoms with van der Waals surface area (Å²) in [6.07, 6.45) is -0.452. The molecule has 0 aliphatic carbocycles. The van der Waals surface area contributed by atoms with Crippen molar-refractivity contribution in [2.45, 2.75) is 31.8 Å². The van der Waals surface area contributed by atoms with Crippen LogP contribution in [0.2, 0.25) is 5.02 Å². The van der Waals surface area contributed by atoms with E-state index in [9.17, 15) is 5.11 Å². The zero-order valence-electron chi connectivity index (χ0n) is 9.33. The zero-order chi connectivity index (χ0) is 11.4. The third-order valence-corrected chi connectivity index (χ3v) is 3.94. The molecular formula is C12H17ClOS. The second-order valence-corrected chi connectivity index (χ2v) is 5.54. The maximum atomic E-state index is 9.39. The average molecular weight is 245 g/mol. The van der Waals surface area contributed by atoms with Gasteiger partial charge in [-0.3, -0.25) is 0 Å². The molecule has 0 radical (unpaired) electrons. The summed E-state index contributed by atoms with van der Waals surface area (Å²) >= 11 is 7.89. The monoisotopic (exact) mass is 244 g/mol. The molecule has 0 fully saturated rings. The molecule has 3 heteroatoms. The molecule has 1 aromatic carbocycles. The maximum Gasteiger partial charge on any atom is 0.0762 e. The normalized spacial score (nSPS) is 13.2. The Kier molecular flexibility index (Phi) is 4.97. The molecular weight excluding hydrogens is 228 g/mol. The van der Waals surface area contributed by atoms with E-state index in [1.165, 1.54) is 0 Å². The molecule has 15 heavy (non-hydrogen) atoms. The van der Waals surface area contributed by atoms with Crippen molar-refractivity contribution in [1.82, 2.24) is 0 Å².